The fourth-order valence-electron chi connectivity index (χ4n) is 12.6. The van der Waals surface area contributed by atoms with E-state index in [1.807, 2.05) is 41.2 Å². The highest BCUT2D eigenvalue weighted by molar-refractivity contribution is 6.98. The second-order valence-corrected chi connectivity index (χ2v) is 29.1. The number of allylic oxidation sites excluding steroid dienone is 6. The third-order valence-corrected chi connectivity index (χ3v) is 21.0. The molecule has 1 aliphatic heterocycles. The Morgan fingerprint density at radius 1 is 0.667 bits per heavy atom. The number of benzene rings is 7. The van der Waals surface area contributed by atoms with Gasteiger partial charge in [0.25, 0.3) is 0 Å². The smallest absolute Gasteiger partial charge is 0.423 e. The molecule has 1 aromatic heterocycles. The molecule has 17 heteroatoms. The van der Waals surface area contributed by atoms with Gasteiger partial charge in [0.05, 0.1) is 11.9 Å². The van der Waals surface area contributed by atoms with E-state index in [0.29, 0.717) is 99.3 Å². The molecule has 0 fully saturated rings. The topological polar surface area (TPSA) is 171 Å². The summed E-state index contributed by atoms with van der Waals surface area (Å²) in [6.45, 7) is 19.4. The maximum atomic E-state index is 12.8. The molecule has 0 bridgehead atoms. The minimum atomic E-state index is -2.14. The van der Waals surface area contributed by atoms with Crippen LogP contribution < -0.4 is 26.3 Å². The molecule has 14 nitrogen and oxygen atoms in total. The number of anilines is 1. The molecule has 0 spiro atoms. The zero-order valence-electron chi connectivity index (χ0n) is 52.6. The van der Waals surface area contributed by atoms with E-state index >= 15 is 0 Å². The van der Waals surface area contributed by atoms with Gasteiger partial charge in [0.15, 0.2) is 11.5 Å². The predicted octanol–water partition coefficient (Wildman–Crippen LogP) is 9.18. The first-order valence-corrected chi connectivity index (χ1v) is 33.6. The van der Waals surface area contributed by atoms with Gasteiger partial charge in [-0.05, 0) is 169 Å². The van der Waals surface area contributed by atoms with Crippen LogP contribution in [0, 0.1) is 0 Å². The zero-order valence-corrected chi connectivity index (χ0v) is 53.6. The Labute approximate surface area is 532 Å². The van der Waals surface area contributed by atoms with E-state index in [9.17, 15) is 29.7 Å². The molecule has 0 unspecified atom stereocenters. The Balaban J connectivity index is 0.00000960. The number of hydrogen-bond acceptors (Lipinski definition) is 11. The lowest BCUT2D eigenvalue weighted by Gasteiger charge is -2.38. The lowest BCUT2D eigenvalue weighted by molar-refractivity contribution is -0.462. The van der Waals surface area contributed by atoms with Crippen LogP contribution in [0.2, 0.25) is 13.1 Å². The highest BCUT2D eigenvalue weighted by Gasteiger charge is 2.40. The van der Waals surface area contributed by atoms with Crippen molar-refractivity contribution in [2.75, 3.05) is 52.7 Å². The minimum Gasteiger partial charge on any atom is -0.423 e. The summed E-state index contributed by atoms with van der Waals surface area (Å²) in [6.07, 6.45) is 11.3. The normalized spacial score (nSPS) is 13.3. The summed E-state index contributed by atoms with van der Waals surface area (Å²) in [5, 5.41) is 61.8. The van der Waals surface area contributed by atoms with Crippen LogP contribution in [0.3, 0.4) is 0 Å². The van der Waals surface area contributed by atoms with Crippen LogP contribution in [0.4, 0.5) is 5.69 Å². The maximum Gasteiger partial charge on any atom is 0.488 e. The minimum absolute atomic E-state index is 0. The summed E-state index contributed by atoms with van der Waals surface area (Å²) >= 11 is 0. The number of unbranched alkanes of at least 4 members (excludes halogenated alkanes) is 1. The summed E-state index contributed by atoms with van der Waals surface area (Å²) < 4.78 is 4.01. The number of Topliss-reactive ketones (excluding diaryl/α,β-unsaturated/α-hetero) is 1. The van der Waals surface area contributed by atoms with Crippen molar-refractivity contribution in [3.63, 3.8) is 0 Å². The van der Waals surface area contributed by atoms with Crippen molar-refractivity contribution in [3.05, 3.63) is 226 Å². The molecule has 0 saturated carbocycles. The summed E-state index contributed by atoms with van der Waals surface area (Å²) in [6, 6.07) is 45.3. The first-order valence-electron chi connectivity index (χ1n) is 30.6. The molecule has 90 heavy (non-hydrogen) atoms. The Morgan fingerprint density at radius 3 is 1.83 bits per heavy atom. The fraction of sp³-hybridized carbons (Fsp3) is 0.274. The van der Waals surface area contributed by atoms with E-state index in [0.717, 1.165) is 60.6 Å². The molecule has 7 aromatic carbocycles. The van der Waals surface area contributed by atoms with Gasteiger partial charge in [0.2, 0.25) is 5.91 Å². The van der Waals surface area contributed by atoms with Crippen LogP contribution in [-0.4, -0.2) is 137 Å². The van der Waals surface area contributed by atoms with Crippen molar-refractivity contribution in [3.8, 4) is 16.9 Å². The van der Waals surface area contributed by atoms with Gasteiger partial charge >= 0.3 is 14.2 Å². The van der Waals surface area contributed by atoms with E-state index in [4.69, 9.17) is 10.3 Å². The third kappa shape index (κ3) is 14.4. The largest absolute Gasteiger partial charge is 0.488 e. The number of aromatic nitrogens is 3. The number of fused-ring (bicyclic) bond motifs is 4. The average Bonchev–Trinajstić information content (AvgIpc) is 0.763. The molecular formula is C73H85B2N8O6Si+. The monoisotopic (exact) mass is 1220 g/mol. The molecule has 8 aromatic rings. The lowest BCUT2D eigenvalue weighted by Crippen LogP contribution is -2.49. The highest BCUT2D eigenvalue weighted by Crippen LogP contribution is 2.43. The molecule has 0 radical (unpaired) electrons. The van der Waals surface area contributed by atoms with Crippen LogP contribution in [0.1, 0.15) is 80.3 Å². The van der Waals surface area contributed by atoms with Gasteiger partial charge in [-0.2, -0.15) is 0 Å². The van der Waals surface area contributed by atoms with Crippen molar-refractivity contribution in [1.29, 1.82) is 0 Å². The molecule has 1 aliphatic carbocycles. The van der Waals surface area contributed by atoms with Crippen molar-refractivity contribution < 1.29 is 34.3 Å². The summed E-state index contributed by atoms with van der Waals surface area (Å²) in [4.78, 5) is 32.2. The zero-order chi connectivity index (χ0) is 63.3. The first-order chi connectivity index (χ1) is 42.7. The van der Waals surface area contributed by atoms with Gasteiger partial charge in [-0.15, -0.1) is 5.10 Å². The Kier molecular flexibility index (Phi) is 21.0. The lowest BCUT2D eigenvalue weighted by atomic mass is 9.77. The van der Waals surface area contributed by atoms with Crippen molar-refractivity contribution in [1.82, 2.24) is 30.1 Å². The third-order valence-electron chi connectivity index (χ3n) is 17.5. The van der Waals surface area contributed by atoms with Gasteiger partial charge in [-0.1, -0.05) is 142 Å². The standard InChI is InChI=1S/C72H80B2N8O6Si.CH4/c1-48(2)68(83)26-17-18-38-80(43-52-20-11-15-24-65(52)73(85)86)46-64-58-23-14-13-22-57(58)63(45-81(39-19-37-75-72(84)49(3)4)44-53-21-12-16-25-66(53)74(87)88)59-34-29-51(40-62(59)64)67-47-82(77-76-67)54-30-27-50(28-31-54)71-60-35-32-55(78(5)6)41-69(60)89(9,10)70-42-56(79(7)8)33-36-61(70)71;/h11-16,20-25,27-36,40-42,47,85-88H,1,3,17-19,26,37-39,43-46H2,2,4-10H3;1H4/p+1. The van der Waals surface area contributed by atoms with Crippen molar-refractivity contribution in [2.24, 2.45) is 0 Å². The van der Waals surface area contributed by atoms with Crippen LogP contribution in [0.25, 0.3) is 44.1 Å². The second kappa shape index (κ2) is 28.6. The van der Waals surface area contributed by atoms with Gasteiger partial charge in [-0.3, -0.25) is 19.4 Å². The molecule has 0 atom stereocenters. The van der Waals surface area contributed by atoms with E-state index < -0.39 is 22.3 Å². The van der Waals surface area contributed by atoms with Crippen LogP contribution in [-0.2, 0) is 35.8 Å². The molecule has 5 N–H and O–H groups in total. The molecule has 1 amide bonds. The fourth-order valence-corrected chi connectivity index (χ4v) is 15.6. The number of rotatable bonds is 25. The van der Waals surface area contributed by atoms with E-state index in [1.54, 1.807) is 32.0 Å². The van der Waals surface area contributed by atoms with Gasteiger partial charge < -0.3 is 30.3 Å². The van der Waals surface area contributed by atoms with Crippen LogP contribution >= 0.6 is 0 Å². The van der Waals surface area contributed by atoms with Crippen LogP contribution in [0.5, 0.6) is 0 Å². The number of carbonyl (C=O) groups excluding carboxylic acids is 2. The number of carbonyl (C=O) groups is 2. The number of hydrogen-bond donors (Lipinski definition) is 5. The Hall–Kier alpha value is -8.38. The Bertz CT molecular complexity index is 4160. The van der Waals surface area contributed by atoms with E-state index in [1.165, 1.54) is 38.5 Å². The predicted molar refractivity (Wildman–Crippen MR) is 374 cm³/mol. The summed E-state index contributed by atoms with van der Waals surface area (Å²) in [7, 11) is 2.94. The number of nitrogens with zero attached hydrogens (tertiary/aromatic N) is 7. The summed E-state index contributed by atoms with van der Waals surface area (Å²) in [5.41, 5.74) is 15.2. The van der Waals surface area contributed by atoms with Crippen LogP contribution in [0.15, 0.2) is 193 Å². The molecule has 0 saturated heterocycles. The quantitative estimate of drug-likeness (QED) is 0.0122. The highest BCUT2D eigenvalue weighted by atomic mass is 28.3. The SMILES string of the molecule is C.C=C(C)C(=O)CCCCN(Cc1ccccc1B(O)O)Cc1c2ccccc2c(CN(CCCNC(=O)C(=C)C)Cc2ccccc2B(O)O)c2ccc(-c3cn(-c4ccc(C5=C6C=CC(=[N+](C)C)C=C6[Si](C)(C)c6cc(N(C)C)ccc65)cc4)nn3)cc12. The number of amides is 1. The average molecular weight is 1220 g/mol. The molecule has 2 heterocycles. The van der Waals surface area contributed by atoms with Crippen molar-refractivity contribution in [2.45, 2.75) is 86.2 Å². The molecule has 462 valence electrons. The molecule has 2 aliphatic rings. The van der Waals surface area contributed by atoms with Gasteiger partial charge in [0.1, 0.15) is 27.9 Å². The molecule has 10 rings (SSSR count). The Morgan fingerprint density at radius 2 is 1.24 bits per heavy atom. The van der Waals surface area contributed by atoms with E-state index in [-0.39, 0.29) is 19.1 Å². The van der Waals surface area contributed by atoms with Gasteiger partial charge in [-0.25, -0.2) is 9.26 Å². The maximum absolute atomic E-state index is 12.8. The van der Waals surface area contributed by atoms with Crippen molar-refractivity contribution >= 4 is 88.6 Å². The molecular weight excluding hydrogens is 1130 g/mol. The second-order valence-electron chi connectivity index (χ2n) is 24.7. The number of nitrogens with one attached hydrogen (secondary N) is 1. The summed E-state index contributed by atoms with van der Waals surface area (Å²) in [5.74, 6) is -0.160. The first kappa shape index (κ1) is 66.0. The van der Waals surface area contributed by atoms with E-state index in [2.05, 4.69) is 182 Å². The van der Waals surface area contributed by atoms with Gasteiger partial charge in [0, 0.05) is 88.8 Å². The number of ketones is 1.